The molecule has 9 nitrogen and oxygen atoms in total. The second kappa shape index (κ2) is 11.0. The van der Waals surface area contributed by atoms with E-state index in [9.17, 15) is 9.59 Å². The quantitative estimate of drug-likeness (QED) is 0.382. The van der Waals surface area contributed by atoms with Crippen LogP contribution in [0.2, 0.25) is 0 Å². The minimum atomic E-state index is -0.527. The number of anilines is 2. The van der Waals surface area contributed by atoms with Gasteiger partial charge in [0.05, 0.1) is 11.1 Å². The molecule has 1 aromatic carbocycles. The number of nitrogens with zero attached hydrogens (tertiary/aromatic N) is 3. The average molecular weight is 535 g/mol. The number of aromatic amines is 1. The fourth-order valence-corrected chi connectivity index (χ4v) is 5.92. The minimum Gasteiger partial charge on any atom is -0.444 e. The Morgan fingerprint density at radius 1 is 1.13 bits per heavy atom. The molecule has 2 fully saturated rings. The Kier molecular flexibility index (Phi) is 7.71. The van der Waals surface area contributed by atoms with Gasteiger partial charge in [-0.3, -0.25) is 9.48 Å². The first kappa shape index (κ1) is 27.2. The first-order valence-electron chi connectivity index (χ1n) is 14.4. The number of pyridine rings is 1. The summed E-state index contributed by atoms with van der Waals surface area (Å²) >= 11 is 0. The van der Waals surface area contributed by atoms with Gasteiger partial charge < -0.3 is 25.3 Å². The smallest absolute Gasteiger partial charge is 0.410 e. The fraction of sp³-hybridized carbons (Fsp3) is 0.567. The van der Waals surface area contributed by atoms with Crippen LogP contribution in [0, 0.1) is 0 Å². The van der Waals surface area contributed by atoms with E-state index in [2.05, 4.69) is 46.8 Å². The average Bonchev–Trinajstić information content (AvgIpc) is 3.08. The van der Waals surface area contributed by atoms with Crippen LogP contribution in [0.1, 0.15) is 84.2 Å². The molecule has 1 unspecified atom stereocenters. The maximum Gasteiger partial charge on any atom is 0.410 e. The van der Waals surface area contributed by atoms with E-state index in [4.69, 9.17) is 9.84 Å². The summed E-state index contributed by atoms with van der Waals surface area (Å²) in [6.07, 6.45) is 8.62. The third-order valence-electron chi connectivity index (χ3n) is 8.19. The molecule has 2 saturated heterocycles. The van der Waals surface area contributed by atoms with E-state index in [0.717, 1.165) is 43.4 Å². The number of ether oxygens (including phenoxy) is 1. The zero-order valence-corrected chi connectivity index (χ0v) is 23.7. The second-order valence-corrected chi connectivity index (χ2v) is 12.0. The number of fused-ring (bicyclic) bond motifs is 1. The summed E-state index contributed by atoms with van der Waals surface area (Å²) in [4.78, 5) is 30.3. The van der Waals surface area contributed by atoms with E-state index in [0.29, 0.717) is 30.3 Å². The fourth-order valence-electron chi connectivity index (χ4n) is 5.92. The van der Waals surface area contributed by atoms with Crippen molar-refractivity contribution in [3.8, 4) is 0 Å². The van der Waals surface area contributed by atoms with Crippen LogP contribution in [-0.4, -0.2) is 51.0 Å². The monoisotopic (exact) mass is 534 g/mol. The molecule has 0 aliphatic carbocycles. The van der Waals surface area contributed by atoms with Gasteiger partial charge in [0.25, 0.3) is 5.56 Å². The molecule has 1 amide bonds. The summed E-state index contributed by atoms with van der Waals surface area (Å²) in [6.45, 7) is 10.0. The number of carbonyl (C=O) groups excluding carboxylic acids is 1. The molecular formula is C30H42N6O3. The number of carbonyl (C=O) groups is 1. The number of likely N-dealkylation sites (tertiary alicyclic amines) is 1. The van der Waals surface area contributed by atoms with E-state index in [1.807, 2.05) is 31.5 Å². The van der Waals surface area contributed by atoms with Crippen molar-refractivity contribution in [2.45, 2.75) is 89.8 Å². The number of nitrogens with one attached hydrogen (secondary N) is 3. The number of hydrogen-bond donors (Lipinski definition) is 3. The number of amides is 1. The summed E-state index contributed by atoms with van der Waals surface area (Å²) in [5, 5.41) is 12.6. The van der Waals surface area contributed by atoms with Crippen LogP contribution in [0.15, 0.2) is 41.3 Å². The van der Waals surface area contributed by atoms with Crippen LogP contribution in [0.3, 0.4) is 0 Å². The molecular weight excluding hydrogens is 492 g/mol. The molecule has 2 aliphatic heterocycles. The highest BCUT2D eigenvalue weighted by Crippen LogP contribution is 2.38. The zero-order chi connectivity index (χ0) is 27.6. The summed E-state index contributed by atoms with van der Waals surface area (Å²) in [7, 11) is 0. The maximum atomic E-state index is 13.0. The first-order valence-corrected chi connectivity index (χ1v) is 14.4. The lowest BCUT2D eigenvalue weighted by Gasteiger charge is -2.42. The number of rotatable bonds is 5. The van der Waals surface area contributed by atoms with Crippen molar-refractivity contribution in [1.82, 2.24) is 25.0 Å². The summed E-state index contributed by atoms with van der Waals surface area (Å²) in [5.41, 5.74) is 1.98. The van der Waals surface area contributed by atoms with E-state index in [1.165, 1.54) is 24.8 Å². The normalized spacial score (nSPS) is 20.0. The van der Waals surface area contributed by atoms with Crippen LogP contribution in [0.5, 0.6) is 0 Å². The molecule has 0 spiro atoms. The molecule has 4 heterocycles. The molecule has 0 bridgehead atoms. The van der Waals surface area contributed by atoms with Crippen molar-refractivity contribution >= 4 is 28.5 Å². The number of H-pyrrole nitrogens is 1. The van der Waals surface area contributed by atoms with Crippen LogP contribution in [0.25, 0.3) is 10.9 Å². The van der Waals surface area contributed by atoms with Crippen molar-refractivity contribution in [3.05, 3.63) is 52.4 Å². The molecule has 210 valence electrons. The number of hydrogen-bond acceptors (Lipinski definition) is 6. The Labute approximate surface area is 230 Å². The number of aromatic nitrogens is 3. The molecule has 9 heteroatoms. The van der Waals surface area contributed by atoms with Gasteiger partial charge in [-0.15, -0.1) is 0 Å². The Bertz CT molecular complexity index is 1340. The lowest BCUT2D eigenvalue weighted by atomic mass is 9.85. The van der Waals surface area contributed by atoms with E-state index >= 15 is 0 Å². The van der Waals surface area contributed by atoms with Crippen LogP contribution < -0.4 is 16.2 Å². The predicted octanol–water partition coefficient (Wildman–Crippen LogP) is 5.81. The van der Waals surface area contributed by atoms with Gasteiger partial charge in [0, 0.05) is 31.0 Å². The third kappa shape index (κ3) is 5.83. The standard InChI is InChI=1S/C30H42N6O3/c1-5-30(15-19-35(20-16-30)28(38)39-29(2,3)4)36-24-14-18-32-27(37)25(24)26(34-36)33-22-12-10-21(11-13-22)23-9-7-6-8-17-31-23/h10-14,18,23,31H,5-9,15-17,19-20H2,1-4H3,(H,32,37)(H,33,34). The summed E-state index contributed by atoms with van der Waals surface area (Å²) in [5.74, 6) is 0.551. The molecule has 2 aliphatic rings. The van der Waals surface area contributed by atoms with Crippen molar-refractivity contribution in [2.75, 3.05) is 25.0 Å². The van der Waals surface area contributed by atoms with Crippen molar-refractivity contribution in [2.24, 2.45) is 0 Å². The molecule has 2 aromatic heterocycles. The summed E-state index contributed by atoms with van der Waals surface area (Å²) < 4.78 is 7.62. The zero-order valence-electron chi connectivity index (χ0n) is 23.7. The van der Waals surface area contributed by atoms with Gasteiger partial charge in [-0.25, -0.2) is 4.79 Å². The van der Waals surface area contributed by atoms with Gasteiger partial charge in [0.2, 0.25) is 0 Å². The number of benzene rings is 1. The van der Waals surface area contributed by atoms with Gasteiger partial charge in [0.15, 0.2) is 5.82 Å². The third-order valence-corrected chi connectivity index (χ3v) is 8.19. The van der Waals surface area contributed by atoms with E-state index < -0.39 is 5.60 Å². The molecule has 39 heavy (non-hydrogen) atoms. The molecule has 3 aromatic rings. The highest BCUT2D eigenvalue weighted by molar-refractivity contribution is 5.91. The van der Waals surface area contributed by atoms with Crippen molar-refractivity contribution < 1.29 is 9.53 Å². The molecule has 3 N–H and O–H groups in total. The van der Waals surface area contributed by atoms with Crippen LogP contribution in [-0.2, 0) is 10.3 Å². The topological polar surface area (TPSA) is 104 Å². The van der Waals surface area contributed by atoms with Gasteiger partial charge in [-0.2, -0.15) is 5.10 Å². The molecule has 1 atom stereocenters. The Morgan fingerprint density at radius 3 is 2.56 bits per heavy atom. The number of piperidine rings is 1. The van der Waals surface area contributed by atoms with Gasteiger partial charge >= 0.3 is 6.09 Å². The summed E-state index contributed by atoms with van der Waals surface area (Å²) in [6, 6.07) is 10.8. The van der Waals surface area contributed by atoms with E-state index in [-0.39, 0.29) is 17.2 Å². The molecule has 0 saturated carbocycles. The minimum absolute atomic E-state index is 0.169. The lowest BCUT2D eigenvalue weighted by Crippen LogP contribution is -2.49. The van der Waals surface area contributed by atoms with Gasteiger partial charge in [0.1, 0.15) is 11.0 Å². The maximum absolute atomic E-state index is 13.0. The largest absolute Gasteiger partial charge is 0.444 e. The highest BCUT2D eigenvalue weighted by atomic mass is 16.6. The van der Waals surface area contributed by atoms with Crippen molar-refractivity contribution in [1.29, 1.82) is 0 Å². The molecule has 5 rings (SSSR count). The SMILES string of the molecule is CCC1(n2nc(Nc3ccc(C4CCCCCN4)cc3)c3c(=O)[nH]ccc32)CCN(C(=O)OC(C)(C)C)CC1. The van der Waals surface area contributed by atoms with Crippen LogP contribution in [0.4, 0.5) is 16.3 Å². The Morgan fingerprint density at radius 2 is 1.87 bits per heavy atom. The Balaban J connectivity index is 1.40. The molecule has 0 radical (unpaired) electrons. The van der Waals surface area contributed by atoms with E-state index in [1.54, 1.807) is 11.1 Å². The first-order chi connectivity index (χ1) is 18.7. The Hall–Kier alpha value is -3.33. The van der Waals surface area contributed by atoms with Crippen LogP contribution >= 0.6 is 0 Å². The second-order valence-electron chi connectivity index (χ2n) is 12.0. The predicted molar refractivity (Wildman–Crippen MR) is 155 cm³/mol. The van der Waals surface area contributed by atoms with Gasteiger partial charge in [-0.1, -0.05) is 31.9 Å². The highest BCUT2D eigenvalue weighted by Gasteiger charge is 2.39. The van der Waals surface area contributed by atoms with Gasteiger partial charge in [-0.05, 0) is 83.2 Å². The van der Waals surface area contributed by atoms with Crippen molar-refractivity contribution in [3.63, 3.8) is 0 Å². The lowest BCUT2D eigenvalue weighted by molar-refractivity contribution is 0.0101.